The molecule has 1 aromatic rings. The molecular weight excluding hydrogens is 265 g/mol. The summed E-state index contributed by atoms with van der Waals surface area (Å²) in [7, 11) is 0. The molecule has 1 heterocycles. The third kappa shape index (κ3) is 4.50. The Balaban J connectivity index is 1.76. The second-order valence-electron chi connectivity index (χ2n) is 6.05. The lowest BCUT2D eigenvalue weighted by molar-refractivity contribution is 0.0986. The zero-order valence-corrected chi connectivity index (χ0v) is 13.3. The summed E-state index contributed by atoms with van der Waals surface area (Å²) in [6.07, 6.45) is 2.02. The summed E-state index contributed by atoms with van der Waals surface area (Å²) in [6, 6.07) is 7.30. The Morgan fingerprint density at radius 2 is 1.86 bits per heavy atom. The minimum Gasteiger partial charge on any atom is -0.324 e. The maximum absolute atomic E-state index is 13.7. The number of nitrogens with zero attached hydrogens (tertiary/aromatic N) is 2. The van der Waals surface area contributed by atoms with Crippen molar-refractivity contribution in [3.8, 4) is 0 Å². The lowest BCUT2D eigenvalue weighted by atomic mass is 10.0. The van der Waals surface area contributed by atoms with E-state index >= 15 is 0 Å². The Hall–Kier alpha value is -0.970. The summed E-state index contributed by atoms with van der Waals surface area (Å²) in [5.41, 5.74) is 6.77. The fourth-order valence-corrected chi connectivity index (χ4v) is 2.94. The van der Waals surface area contributed by atoms with Crippen molar-refractivity contribution in [3.63, 3.8) is 0 Å². The normalized spacial score (nSPS) is 20.4. The van der Waals surface area contributed by atoms with Crippen molar-refractivity contribution >= 4 is 0 Å². The van der Waals surface area contributed by atoms with Crippen LogP contribution in [0.25, 0.3) is 0 Å². The molecule has 3 nitrogen and oxygen atoms in total. The first-order valence-corrected chi connectivity index (χ1v) is 8.08. The molecule has 0 aliphatic carbocycles. The van der Waals surface area contributed by atoms with E-state index in [4.69, 9.17) is 5.73 Å². The highest BCUT2D eigenvalue weighted by Gasteiger charge is 2.20. The molecule has 1 saturated heterocycles. The van der Waals surface area contributed by atoms with Crippen LogP contribution in [0.2, 0.25) is 0 Å². The van der Waals surface area contributed by atoms with Crippen LogP contribution in [0.5, 0.6) is 0 Å². The highest BCUT2D eigenvalue weighted by Crippen LogP contribution is 2.18. The quantitative estimate of drug-likeness (QED) is 0.875. The van der Waals surface area contributed by atoms with Crippen LogP contribution in [0, 0.1) is 5.82 Å². The molecular formula is C17H28FN3. The van der Waals surface area contributed by atoms with Gasteiger partial charge in [-0.3, -0.25) is 4.90 Å². The van der Waals surface area contributed by atoms with Crippen molar-refractivity contribution in [3.05, 3.63) is 35.6 Å². The molecule has 2 unspecified atom stereocenters. The number of halogens is 1. The molecule has 0 spiro atoms. The fraction of sp³-hybridized carbons (Fsp3) is 0.647. The summed E-state index contributed by atoms with van der Waals surface area (Å²) >= 11 is 0. The summed E-state index contributed by atoms with van der Waals surface area (Å²) in [5.74, 6) is -0.188. The SMILES string of the molecule is CCC(C)N1CCN(CCC(N)c2ccccc2F)CC1. The van der Waals surface area contributed by atoms with Crippen molar-refractivity contribution in [2.24, 2.45) is 5.73 Å². The highest BCUT2D eigenvalue weighted by molar-refractivity contribution is 5.20. The summed E-state index contributed by atoms with van der Waals surface area (Å²) in [4.78, 5) is 4.99. The molecule has 118 valence electrons. The maximum atomic E-state index is 13.7. The van der Waals surface area contributed by atoms with E-state index in [0.717, 1.165) is 39.1 Å². The molecule has 0 radical (unpaired) electrons. The topological polar surface area (TPSA) is 32.5 Å². The average Bonchev–Trinajstić information content (AvgIpc) is 2.52. The van der Waals surface area contributed by atoms with Crippen LogP contribution >= 0.6 is 0 Å². The molecule has 1 fully saturated rings. The zero-order chi connectivity index (χ0) is 15.2. The smallest absolute Gasteiger partial charge is 0.127 e. The van der Waals surface area contributed by atoms with Gasteiger partial charge in [0.25, 0.3) is 0 Å². The minimum atomic E-state index is -0.209. The van der Waals surface area contributed by atoms with Gasteiger partial charge < -0.3 is 10.6 Å². The second kappa shape index (κ2) is 7.87. The number of hydrogen-bond donors (Lipinski definition) is 1. The molecule has 1 aliphatic rings. The molecule has 0 bridgehead atoms. The van der Waals surface area contributed by atoms with Gasteiger partial charge in [-0.2, -0.15) is 0 Å². The molecule has 21 heavy (non-hydrogen) atoms. The molecule has 1 aliphatic heterocycles. The third-order valence-electron chi connectivity index (χ3n) is 4.68. The first-order valence-electron chi connectivity index (χ1n) is 8.08. The Labute approximate surface area is 127 Å². The predicted octanol–water partition coefficient (Wildman–Crippen LogP) is 2.63. The van der Waals surface area contributed by atoms with Crippen LogP contribution in [0.4, 0.5) is 4.39 Å². The van der Waals surface area contributed by atoms with E-state index in [2.05, 4.69) is 23.6 Å². The minimum absolute atomic E-state index is 0.188. The van der Waals surface area contributed by atoms with Crippen molar-refractivity contribution in [2.45, 2.75) is 38.8 Å². The van der Waals surface area contributed by atoms with E-state index in [1.807, 2.05) is 6.07 Å². The Morgan fingerprint density at radius 1 is 1.19 bits per heavy atom. The van der Waals surface area contributed by atoms with Crippen LogP contribution < -0.4 is 5.73 Å². The number of rotatable bonds is 6. The predicted molar refractivity (Wildman–Crippen MR) is 85.7 cm³/mol. The van der Waals surface area contributed by atoms with Crippen LogP contribution in [0.3, 0.4) is 0 Å². The number of piperazine rings is 1. The van der Waals surface area contributed by atoms with Gasteiger partial charge in [0.05, 0.1) is 0 Å². The van der Waals surface area contributed by atoms with Crippen molar-refractivity contribution in [1.29, 1.82) is 0 Å². The molecule has 2 rings (SSSR count). The van der Waals surface area contributed by atoms with Crippen LogP contribution in [0.15, 0.2) is 24.3 Å². The molecule has 0 amide bonds. The monoisotopic (exact) mass is 293 g/mol. The van der Waals surface area contributed by atoms with Gasteiger partial charge in [-0.05, 0) is 25.8 Å². The lowest BCUT2D eigenvalue weighted by Gasteiger charge is -2.38. The van der Waals surface area contributed by atoms with E-state index < -0.39 is 0 Å². The number of nitrogens with two attached hydrogens (primary N) is 1. The molecule has 2 N–H and O–H groups in total. The van der Waals surface area contributed by atoms with E-state index in [1.54, 1.807) is 12.1 Å². The Morgan fingerprint density at radius 3 is 2.48 bits per heavy atom. The van der Waals surface area contributed by atoms with Gasteiger partial charge in [-0.25, -0.2) is 4.39 Å². The van der Waals surface area contributed by atoms with Crippen LogP contribution in [0.1, 0.15) is 38.3 Å². The second-order valence-corrected chi connectivity index (χ2v) is 6.05. The molecule has 0 saturated carbocycles. The molecule has 4 heteroatoms. The highest BCUT2D eigenvalue weighted by atomic mass is 19.1. The molecule has 0 aromatic heterocycles. The molecule has 2 atom stereocenters. The first kappa shape index (κ1) is 16.4. The van der Waals surface area contributed by atoms with E-state index in [0.29, 0.717) is 11.6 Å². The van der Waals surface area contributed by atoms with Gasteiger partial charge in [0.1, 0.15) is 5.82 Å². The summed E-state index contributed by atoms with van der Waals surface area (Å²) in [6.45, 7) is 9.93. The van der Waals surface area contributed by atoms with Crippen molar-refractivity contribution in [1.82, 2.24) is 9.80 Å². The number of hydrogen-bond acceptors (Lipinski definition) is 3. The van der Waals surface area contributed by atoms with Gasteiger partial charge in [0.15, 0.2) is 0 Å². The Kier molecular flexibility index (Phi) is 6.15. The van der Waals surface area contributed by atoms with Crippen molar-refractivity contribution < 1.29 is 4.39 Å². The van der Waals surface area contributed by atoms with Gasteiger partial charge >= 0.3 is 0 Å². The van der Waals surface area contributed by atoms with E-state index in [9.17, 15) is 4.39 Å². The van der Waals surface area contributed by atoms with Gasteiger partial charge in [-0.15, -0.1) is 0 Å². The van der Waals surface area contributed by atoms with Crippen LogP contribution in [-0.4, -0.2) is 48.6 Å². The van der Waals surface area contributed by atoms with Crippen molar-refractivity contribution in [2.75, 3.05) is 32.7 Å². The van der Waals surface area contributed by atoms with Gasteiger partial charge in [0.2, 0.25) is 0 Å². The standard InChI is InChI=1S/C17H28FN3/c1-3-14(2)21-12-10-20(11-13-21)9-8-17(19)15-6-4-5-7-16(15)18/h4-7,14,17H,3,8-13,19H2,1-2H3. The van der Waals surface area contributed by atoms with Gasteiger partial charge in [0, 0.05) is 50.4 Å². The largest absolute Gasteiger partial charge is 0.324 e. The Bertz CT molecular complexity index is 430. The lowest BCUT2D eigenvalue weighted by Crippen LogP contribution is -2.49. The maximum Gasteiger partial charge on any atom is 0.127 e. The zero-order valence-electron chi connectivity index (χ0n) is 13.3. The number of benzene rings is 1. The third-order valence-corrected chi connectivity index (χ3v) is 4.68. The summed E-state index contributed by atoms with van der Waals surface area (Å²) < 4.78 is 13.7. The summed E-state index contributed by atoms with van der Waals surface area (Å²) in [5, 5.41) is 0. The fourth-order valence-electron chi connectivity index (χ4n) is 2.94. The first-order chi connectivity index (χ1) is 10.1. The molecule has 1 aromatic carbocycles. The van der Waals surface area contributed by atoms with E-state index in [-0.39, 0.29) is 11.9 Å². The van der Waals surface area contributed by atoms with Gasteiger partial charge in [-0.1, -0.05) is 25.1 Å². The van der Waals surface area contributed by atoms with E-state index in [1.165, 1.54) is 12.5 Å². The van der Waals surface area contributed by atoms with Crippen LogP contribution in [-0.2, 0) is 0 Å². The average molecular weight is 293 g/mol.